The van der Waals surface area contributed by atoms with Crippen molar-refractivity contribution in [2.75, 3.05) is 27.9 Å². The second kappa shape index (κ2) is 8.59. The molecule has 0 saturated carbocycles. The normalized spacial score (nSPS) is 10.2. The van der Waals surface area contributed by atoms with Gasteiger partial charge in [0, 0.05) is 29.7 Å². The lowest BCUT2D eigenvalue weighted by molar-refractivity contribution is -0.132. The molecule has 0 bridgehead atoms. The smallest absolute Gasteiger partial charge is 0.260 e. The van der Waals surface area contributed by atoms with Crippen LogP contribution in [-0.4, -0.2) is 38.7 Å². The Morgan fingerprint density at radius 2 is 1.88 bits per heavy atom. The Balaban J connectivity index is 1.96. The Morgan fingerprint density at radius 3 is 2.54 bits per heavy atom. The SMILES string of the molecule is COc1ccc(CN(C)C(=O)COc2cccc(Br)c2)c(OC)c1. The molecule has 0 atom stereocenters. The number of amides is 1. The Morgan fingerprint density at radius 1 is 1.08 bits per heavy atom. The van der Waals surface area contributed by atoms with E-state index in [1.165, 1.54) is 0 Å². The number of methoxy groups -OCH3 is 2. The highest BCUT2D eigenvalue weighted by Crippen LogP contribution is 2.25. The van der Waals surface area contributed by atoms with Crippen LogP contribution in [0.2, 0.25) is 0 Å². The number of rotatable bonds is 7. The van der Waals surface area contributed by atoms with Gasteiger partial charge in [0.2, 0.25) is 0 Å². The van der Waals surface area contributed by atoms with E-state index in [0.29, 0.717) is 23.8 Å². The Hall–Kier alpha value is -2.21. The maximum absolute atomic E-state index is 12.3. The fourth-order valence-electron chi connectivity index (χ4n) is 2.14. The van der Waals surface area contributed by atoms with Crippen molar-refractivity contribution in [2.24, 2.45) is 0 Å². The van der Waals surface area contributed by atoms with E-state index in [0.717, 1.165) is 10.0 Å². The molecule has 2 rings (SSSR count). The van der Waals surface area contributed by atoms with Crippen LogP contribution < -0.4 is 14.2 Å². The van der Waals surface area contributed by atoms with Gasteiger partial charge in [-0.1, -0.05) is 22.0 Å². The molecule has 0 fully saturated rings. The lowest BCUT2D eigenvalue weighted by Crippen LogP contribution is -2.31. The van der Waals surface area contributed by atoms with Gasteiger partial charge in [-0.25, -0.2) is 0 Å². The first-order valence-electron chi connectivity index (χ1n) is 7.36. The minimum absolute atomic E-state index is 0.0224. The van der Waals surface area contributed by atoms with E-state index in [2.05, 4.69) is 15.9 Å². The molecule has 0 radical (unpaired) electrons. The van der Waals surface area contributed by atoms with Gasteiger partial charge in [0.1, 0.15) is 17.2 Å². The zero-order valence-corrected chi connectivity index (χ0v) is 15.5. The van der Waals surface area contributed by atoms with Gasteiger partial charge in [-0.2, -0.15) is 0 Å². The Kier molecular flexibility index (Phi) is 6.49. The topological polar surface area (TPSA) is 48.0 Å². The molecule has 2 aromatic carbocycles. The minimum Gasteiger partial charge on any atom is -0.497 e. The van der Waals surface area contributed by atoms with Gasteiger partial charge in [-0.3, -0.25) is 4.79 Å². The maximum atomic E-state index is 12.3. The van der Waals surface area contributed by atoms with Gasteiger partial charge in [-0.15, -0.1) is 0 Å². The molecule has 0 aliphatic carbocycles. The Bertz CT molecular complexity index is 705. The highest BCUT2D eigenvalue weighted by molar-refractivity contribution is 9.10. The molecule has 0 heterocycles. The summed E-state index contributed by atoms with van der Waals surface area (Å²) in [6.45, 7) is 0.402. The van der Waals surface area contributed by atoms with E-state index in [-0.39, 0.29) is 12.5 Å². The summed E-state index contributed by atoms with van der Waals surface area (Å²) in [4.78, 5) is 13.9. The van der Waals surface area contributed by atoms with Crippen molar-refractivity contribution in [3.8, 4) is 17.2 Å². The fourth-order valence-corrected chi connectivity index (χ4v) is 2.52. The number of ether oxygens (including phenoxy) is 3. The van der Waals surface area contributed by atoms with Crippen molar-refractivity contribution in [3.05, 3.63) is 52.5 Å². The highest BCUT2D eigenvalue weighted by atomic mass is 79.9. The number of hydrogen-bond donors (Lipinski definition) is 0. The van der Waals surface area contributed by atoms with Crippen molar-refractivity contribution >= 4 is 21.8 Å². The molecule has 1 amide bonds. The molecule has 0 N–H and O–H groups in total. The third-order valence-corrected chi connectivity index (χ3v) is 3.98. The third kappa shape index (κ3) is 4.89. The van der Waals surface area contributed by atoms with Crippen molar-refractivity contribution in [1.82, 2.24) is 4.90 Å². The summed E-state index contributed by atoms with van der Waals surface area (Å²) in [7, 11) is 4.93. The van der Waals surface area contributed by atoms with Crippen LogP contribution in [0.15, 0.2) is 46.9 Å². The van der Waals surface area contributed by atoms with E-state index in [4.69, 9.17) is 14.2 Å². The number of nitrogens with zero attached hydrogens (tertiary/aromatic N) is 1. The van der Waals surface area contributed by atoms with Gasteiger partial charge < -0.3 is 19.1 Å². The molecule has 2 aromatic rings. The fraction of sp³-hybridized carbons (Fsp3) is 0.278. The highest BCUT2D eigenvalue weighted by Gasteiger charge is 2.13. The second-order valence-electron chi connectivity index (χ2n) is 5.17. The molecular weight excluding hydrogens is 374 g/mol. The zero-order chi connectivity index (χ0) is 17.5. The molecule has 0 unspecified atom stereocenters. The van der Waals surface area contributed by atoms with E-state index in [9.17, 15) is 4.79 Å². The van der Waals surface area contributed by atoms with E-state index in [1.54, 1.807) is 32.2 Å². The molecule has 0 aliphatic heterocycles. The van der Waals surface area contributed by atoms with Gasteiger partial charge in [0.15, 0.2) is 6.61 Å². The van der Waals surface area contributed by atoms with Crippen LogP contribution in [0.4, 0.5) is 0 Å². The van der Waals surface area contributed by atoms with Crippen molar-refractivity contribution in [2.45, 2.75) is 6.54 Å². The van der Waals surface area contributed by atoms with E-state index in [1.807, 2.05) is 36.4 Å². The summed E-state index contributed by atoms with van der Waals surface area (Å²) >= 11 is 3.37. The number of carbonyl (C=O) groups is 1. The lowest BCUT2D eigenvalue weighted by atomic mass is 10.2. The summed E-state index contributed by atoms with van der Waals surface area (Å²) in [6.07, 6.45) is 0. The quantitative estimate of drug-likeness (QED) is 0.721. The summed E-state index contributed by atoms with van der Waals surface area (Å²) in [6, 6.07) is 12.9. The summed E-state index contributed by atoms with van der Waals surface area (Å²) in [5, 5.41) is 0. The van der Waals surface area contributed by atoms with Gasteiger partial charge in [0.25, 0.3) is 5.91 Å². The van der Waals surface area contributed by atoms with Crippen molar-refractivity contribution in [3.63, 3.8) is 0 Å². The standard InChI is InChI=1S/C18H20BrNO4/c1-20(11-13-7-8-15(22-2)10-17(13)23-3)18(21)12-24-16-6-4-5-14(19)9-16/h4-10H,11-12H2,1-3H3. The van der Waals surface area contributed by atoms with Gasteiger partial charge >= 0.3 is 0 Å². The molecule has 24 heavy (non-hydrogen) atoms. The maximum Gasteiger partial charge on any atom is 0.260 e. The van der Waals surface area contributed by atoms with Crippen LogP contribution in [0.1, 0.15) is 5.56 Å². The molecule has 0 aromatic heterocycles. The number of hydrogen-bond acceptors (Lipinski definition) is 4. The van der Waals surface area contributed by atoms with E-state index >= 15 is 0 Å². The number of benzene rings is 2. The molecule has 0 aliphatic rings. The van der Waals surface area contributed by atoms with Gasteiger partial charge in [-0.05, 0) is 30.3 Å². The first-order valence-corrected chi connectivity index (χ1v) is 8.16. The molecule has 5 nitrogen and oxygen atoms in total. The van der Waals surface area contributed by atoms with Gasteiger partial charge in [0.05, 0.1) is 14.2 Å². The largest absolute Gasteiger partial charge is 0.497 e. The summed E-state index contributed by atoms with van der Waals surface area (Å²) in [5.74, 6) is 1.92. The molecule has 6 heteroatoms. The van der Waals surface area contributed by atoms with Crippen molar-refractivity contribution < 1.29 is 19.0 Å². The minimum atomic E-state index is -0.118. The summed E-state index contributed by atoms with van der Waals surface area (Å²) in [5.41, 5.74) is 0.900. The van der Waals surface area contributed by atoms with Crippen molar-refractivity contribution in [1.29, 1.82) is 0 Å². The Labute approximate surface area is 150 Å². The summed E-state index contributed by atoms with van der Waals surface area (Å²) < 4.78 is 17.0. The van der Waals surface area contributed by atoms with Crippen LogP contribution in [0.5, 0.6) is 17.2 Å². The van der Waals surface area contributed by atoms with E-state index < -0.39 is 0 Å². The lowest BCUT2D eigenvalue weighted by Gasteiger charge is -2.19. The predicted molar refractivity (Wildman–Crippen MR) is 95.7 cm³/mol. The number of likely N-dealkylation sites (N-methyl/N-ethyl adjacent to an activating group) is 1. The van der Waals surface area contributed by atoms with Crippen LogP contribution >= 0.6 is 15.9 Å². The van der Waals surface area contributed by atoms with Crippen LogP contribution in [0.3, 0.4) is 0 Å². The number of carbonyl (C=O) groups excluding carboxylic acids is 1. The average molecular weight is 394 g/mol. The molecule has 0 saturated heterocycles. The first-order chi connectivity index (χ1) is 11.5. The molecule has 128 valence electrons. The van der Waals surface area contributed by atoms with Crippen LogP contribution in [-0.2, 0) is 11.3 Å². The second-order valence-corrected chi connectivity index (χ2v) is 6.09. The molecule has 0 spiro atoms. The third-order valence-electron chi connectivity index (χ3n) is 3.49. The predicted octanol–water partition coefficient (Wildman–Crippen LogP) is 3.50. The number of halogens is 1. The monoisotopic (exact) mass is 393 g/mol. The average Bonchev–Trinajstić information content (AvgIpc) is 2.60. The van der Waals surface area contributed by atoms with Crippen LogP contribution in [0, 0.1) is 0 Å². The first kappa shape index (κ1) is 18.1. The molecular formula is C18H20BrNO4. The van der Waals surface area contributed by atoms with Crippen LogP contribution in [0.25, 0.3) is 0 Å². The zero-order valence-electron chi connectivity index (χ0n) is 13.9.